The van der Waals surface area contributed by atoms with E-state index >= 15 is 0 Å². The normalized spacial score (nSPS) is 25.4. The second kappa shape index (κ2) is 8.98. The number of benzene rings is 1. The number of piperidine rings is 1. The lowest BCUT2D eigenvalue weighted by atomic mass is 9.86. The molecule has 2 fully saturated rings. The highest BCUT2D eigenvalue weighted by Gasteiger charge is 2.35. The molecule has 0 saturated carbocycles. The van der Waals surface area contributed by atoms with E-state index in [4.69, 9.17) is 0 Å². The van der Waals surface area contributed by atoms with Crippen LogP contribution in [0.4, 0.5) is 0 Å². The third-order valence-corrected chi connectivity index (χ3v) is 5.99. The maximum Gasteiger partial charge on any atom is 0.253 e. The molecule has 1 N–H and O–H groups in total. The molecule has 1 aromatic rings. The van der Waals surface area contributed by atoms with E-state index in [1.165, 1.54) is 0 Å². The zero-order valence-electron chi connectivity index (χ0n) is 16.2. The van der Waals surface area contributed by atoms with Crippen LogP contribution >= 0.6 is 0 Å². The minimum atomic E-state index is 0.152. The standard InChI is InChI=1S/C21H33N3O2/c1-17-5-3-6-18(15-17)21(26)24-9-8-20(19(16-24)7-4-14-25)23-12-10-22(2)11-13-23/h3,5-6,15,19-20,25H,4,7-14,16H2,1-2H3/t19-,20+/m1/s1. The fourth-order valence-corrected chi connectivity index (χ4v) is 4.44. The van der Waals surface area contributed by atoms with Crippen molar-refractivity contribution in [2.75, 3.05) is 52.9 Å². The third-order valence-electron chi connectivity index (χ3n) is 5.99. The summed E-state index contributed by atoms with van der Waals surface area (Å²) in [6.07, 6.45) is 2.85. The van der Waals surface area contributed by atoms with Crippen molar-refractivity contribution in [1.82, 2.24) is 14.7 Å². The van der Waals surface area contributed by atoms with E-state index in [9.17, 15) is 9.90 Å². The topological polar surface area (TPSA) is 47.0 Å². The number of nitrogens with zero attached hydrogens (tertiary/aromatic N) is 3. The number of carbonyl (C=O) groups excluding carboxylic acids is 1. The van der Waals surface area contributed by atoms with E-state index in [2.05, 4.69) is 16.8 Å². The summed E-state index contributed by atoms with van der Waals surface area (Å²) in [6.45, 7) is 8.37. The second-order valence-corrected chi connectivity index (χ2v) is 7.94. The summed E-state index contributed by atoms with van der Waals surface area (Å²) in [5.41, 5.74) is 1.92. The van der Waals surface area contributed by atoms with Crippen LogP contribution in [0.1, 0.15) is 35.2 Å². The third kappa shape index (κ3) is 4.64. The van der Waals surface area contributed by atoms with Gasteiger partial charge in [-0.15, -0.1) is 0 Å². The number of carbonyl (C=O) groups is 1. The average Bonchev–Trinajstić information content (AvgIpc) is 2.66. The van der Waals surface area contributed by atoms with E-state index in [1.807, 2.05) is 36.1 Å². The van der Waals surface area contributed by atoms with Crippen molar-refractivity contribution in [3.63, 3.8) is 0 Å². The monoisotopic (exact) mass is 359 g/mol. The Bertz CT molecular complexity index is 599. The highest BCUT2D eigenvalue weighted by molar-refractivity contribution is 5.94. The van der Waals surface area contributed by atoms with Crippen molar-refractivity contribution >= 4 is 5.91 Å². The van der Waals surface area contributed by atoms with Gasteiger partial charge < -0.3 is 14.9 Å². The molecule has 2 heterocycles. The maximum absolute atomic E-state index is 13.0. The van der Waals surface area contributed by atoms with Gasteiger partial charge in [0.25, 0.3) is 5.91 Å². The Morgan fingerprint density at radius 3 is 2.65 bits per heavy atom. The van der Waals surface area contributed by atoms with Gasteiger partial charge in [0.15, 0.2) is 0 Å². The van der Waals surface area contributed by atoms with Crippen molar-refractivity contribution in [2.24, 2.45) is 5.92 Å². The molecule has 0 spiro atoms. The van der Waals surface area contributed by atoms with Crippen molar-refractivity contribution in [3.8, 4) is 0 Å². The largest absolute Gasteiger partial charge is 0.396 e. The van der Waals surface area contributed by atoms with E-state index in [0.29, 0.717) is 12.0 Å². The van der Waals surface area contributed by atoms with Crippen molar-refractivity contribution in [1.29, 1.82) is 0 Å². The predicted molar refractivity (Wildman–Crippen MR) is 104 cm³/mol. The van der Waals surface area contributed by atoms with Crippen LogP contribution in [0.3, 0.4) is 0 Å². The maximum atomic E-state index is 13.0. The van der Waals surface area contributed by atoms with Crippen LogP contribution in [-0.2, 0) is 0 Å². The quantitative estimate of drug-likeness (QED) is 0.872. The number of piperazine rings is 1. The Kier molecular flexibility index (Phi) is 6.68. The molecule has 0 radical (unpaired) electrons. The van der Waals surface area contributed by atoms with Crippen LogP contribution < -0.4 is 0 Å². The predicted octanol–water partition coefficient (Wildman–Crippen LogP) is 1.85. The molecule has 0 aromatic heterocycles. The molecule has 0 bridgehead atoms. The minimum absolute atomic E-state index is 0.152. The number of aryl methyl sites for hydroxylation is 1. The SMILES string of the molecule is Cc1cccc(C(=O)N2CC[C@H](N3CCN(C)CC3)[C@H](CCCO)C2)c1. The van der Waals surface area contributed by atoms with Crippen LogP contribution in [0.2, 0.25) is 0 Å². The molecule has 0 aliphatic carbocycles. The van der Waals surface area contributed by atoms with E-state index in [1.54, 1.807) is 0 Å². The van der Waals surface area contributed by atoms with E-state index < -0.39 is 0 Å². The number of aliphatic hydroxyl groups is 1. The van der Waals surface area contributed by atoms with Crippen molar-refractivity contribution in [3.05, 3.63) is 35.4 Å². The molecule has 2 aliphatic rings. The van der Waals surface area contributed by atoms with Gasteiger partial charge in [0.2, 0.25) is 0 Å². The Labute approximate surface area is 157 Å². The van der Waals surface area contributed by atoms with Crippen LogP contribution in [-0.4, -0.2) is 84.7 Å². The number of hydrogen-bond acceptors (Lipinski definition) is 4. The molecule has 0 unspecified atom stereocenters. The first-order valence-corrected chi connectivity index (χ1v) is 9.98. The van der Waals surface area contributed by atoms with Gasteiger partial charge in [0.05, 0.1) is 0 Å². The van der Waals surface area contributed by atoms with Gasteiger partial charge in [-0.1, -0.05) is 17.7 Å². The molecule has 26 heavy (non-hydrogen) atoms. The lowest BCUT2D eigenvalue weighted by molar-refractivity contribution is 0.0218. The van der Waals surface area contributed by atoms with Crippen LogP contribution in [0.5, 0.6) is 0 Å². The molecule has 1 aromatic carbocycles. The summed E-state index contributed by atoms with van der Waals surface area (Å²) >= 11 is 0. The van der Waals surface area contributed by atoms with E-state index in [-0.39, 0.29) is 12.5 Å². The molecule has 144 valence electrons. The molecular formula is C21H33N3O2. The summed E-state index contributed by atoms with van der Waals surface area (Å²) in [5.74, 6) is 0.604. The molecule has 2 saturated heterocycles. The van der Waals surface area contributed by atoms with Gasteiger partial charge in [0, 0.05) is 57.5 Å². The zero-order chi connectivity index (χ0) is 18.5. The first-order chi connectivity index (χ1) is 12.6. The number of aliphatic hydroxyl groups excluding tert-OH is 1. The van der Waals surface area contributed by atoms with Gasteiger partial charge in [-0.3, -0.25) is 9.69 Å². The Hall–Kier alpha value is -1.43. The smallest absolute Gasteiger partial charge is 0.253 e. The Morgan fingerprint density at radius 2 is 1.96 bits per heavy atom. The second-order valence-electron chi connectivity index (χ2n) is 7.94. The number of likely N-dealkylation sites (N-methyl/N-ethyl adjacent to an activating group) is 1. The zero-order valence-corrected chi connectivity index (χ0v) is 16.2. The van der Waals surface area contributed by atoms with Gasteiger partial charge in [0.1, 0.15) is 0 Å². The summed E-state index contributed by atoms with van der Waals surface area (Å²) in [6, 6.07) is 8.43. The molecule has 1 amide bonds. The summed E-state index contributed by atoms with van der Waals surface area (Å²) in [4.78, 5) is 20.0. The lowest BCUT2D eigenvalue weighted by Gasteiger charge is -2.46. The fourth-order valence-electron chi connectivity index (χ4n) is 4.44. The highest BCUT2D eigenvalue weighted by Crippen LogP contribution is 2.28. The van der Waals surface area contributed by atoms with E-state index in [0.717, 1.165) is 69.7 Å². The summed E-state index contributed by atoms with van der Waals surface area (Å²) < 4.78 is 0. The highest BCUT2D eigenvalue weighted by atomic mass is 16.3. The minimum Gasteiger partial charge on any atom is -0.396 e. The number of rotatable bonds is 5. The number of amides is 1. The van der Waals surface area contributed by atoms with Gasteiger partial charge >= 0.3 is 0 Å². The molecule has 2 atom stereocenters. The molecule has 5 heteroatoms. The lowest BCUT2D eigenvalue weighted by Crippen LogP contribution is -2.56. The Morgan fingerprint density at radius 1 is 1.19 bits per heavy atom. The molecular weight excluding hydrogens is 326 g/mol. The van der Waals surface area contributed by atoms with Crippen LogP contribution in [0.25, 0.3) is 0 Å². The van der Waals surface area contributed by atoms with Crippen molar-refractivity contribution < 1.29 is 9.90 Å². The van der Waals surface area contributed by atoms with Crippen LogP contribution in [0, 0.1) is 12.8 Å². The summed E-state index contributed by atoms with van der Waals surface area (Å²) in [5, 5.41) is 9.31. The first kappa shape index (κ1) is 19.3. The molecule has 2 aliphatic heterocycles. The molecule has 3 rings (SSSR count). The van der Waals surface area contributed by atoms with Crippen molar-refractivity contribution in [2.45, 2.75) is 32.2 Å². The summed E-state index contributed by atoms with van der Waals surface area (Å²) in [7, 11) is 2.18. The fraction of sp³-hybridized carbons (Fsp3) is 0.667. The first-order valence-electron chi connectivity index (χ1n) is 9.98. The molecule has 5 nitrogen and oxygen atoms in total. The Balaban J connectivity index is 1.68. The van der Waals surface area contributed by atoms with Gasteiger partial charge in [-0.05, 0) is 51.3 Å². The number of hydrogen-bond donors (Lipinski definition) is 1. The average molecular weight is 360 g/mol. The van der Waals surface area contributed by atoms with Crippen LogP contribution in [0.15, 0.2) is 24.3 Å². The number of likely N-dealkylation sites (tertiary alicyclic amines) is 1. The van der Waals surface area contributed by atoms with Gasteiger partial charge in [-0.25, -0.2) is 0 Å². The van der Waals surface area contributed by atoms with Gasteiger partial charge in [-0.2, -0.15) is 0 Å².